The molecule has 25 heavy (non-hydrogen) atoms. The van der Waals surface area contributed by atoms with Crippen molar-refractivity contribution in [3.05, 3.63) is 42.1 Å². The summed E-state index contributed by atoms with van der Waals surface area (Å²) < 4.78 is 5.31. The highest BCUT2D eigenvalue weighted by molar-refractivity contribution is 5.93. The monoisotopic (exact) mass is 340 g/mol. The standard InChI is InChI=1S/C20H24N2O3/c1-13-7-3-5-9-16(13)22-19(23)14(2)25-20(24)18-12-11-15-8-4-6-10-17(15)21-18/h4,6,8,10-14,16H,3,5,7,9H2,1-2H3,(H,22,23). The molecule has 5 heteroatoms. The van der Waals surface area contributed by atoms with Crippen molar-refractivity contribution in [3.63, 3.8) is 0 Å². The lowest BCUT2D eigenvalue weighted by Crippen LogP contribution is -2.46. The lowest BCUT2D eigenvalue weighted by Gasteiger charge is -2.30. The van der Waals surface area contributed by atoms with Gasteiger partial charge >= 0.3 is 5.97 Å². The molecule has 0 aliphatic heterocycles. The van der Waals surface area contributed by atoms with E-state index < -0.39 is 12.1 Å². The van der Waals surface area contributed by atoms with Gasteiger partial charge < -0.3 is 10.1 Å². The van der Waals surface area contributed by atoms with E-state index in [-0.39, 0.29) is 17.6 Å². The Balaban J connectivity index is 1.61. The number of nitrogens with zero attached hydrogens (tertiary/aromatic N) is 1. The smallest absolute Gasteiger partial charge is 0.357 e. The van der Waals surface area contributed by atoms with Crippen molar-refractivity contribution >= 4 is 22.8 Å². The minimum atomic E-state index is -0.838. The second kappa shape index (κ2) is 7.64. The maximum atomic E-state index is 12.3. The summed E-state index contributed by atoms with van der Waals surface area (Å²) in [4.78, 5) is 28.9. The molecule has 0 bridgehead atoms. The van der Waals surface area contributed by atoms with Gasteiger partial charge in [-0.2, -0.15) is 0 Å². The van der Waals surface area contributed by atoms with Crippen LogP contribution in [0.2, 0.25) is 0 Å². The van der Waals surface area contributed by atoms with Gasteiger partial charge in [-0.05, 0) is 37.8 Å². The number of esters is 1. The van der Waals surface area contributed by atoms with E-state index in [4.69, 9.17) is 4.74 Å². The molecule has 1 amide bonds. The molecule has 1 fully saturated rings. The maximum absolute atomic E-state index is 12.3. The van der Waals surface area contributed by atoms with Gasteiger partial charge in [0.15, 0.2) is 6.10 Å². The highest BCUT2D eigenvalue weighted by Gasteiger charge is 2.26. The summed E-state index contributed by atoms with van der Waals surface area (Å²) in [5, 5.41) is 3.97. The fourth-order valence-corrected chi connectivity index (χ4v) is 3.28. The number of nitrogens with one attached hydrogen (secondary N) is 1. The van der Waals surface area contributed by atoms with E-state index in [0.717, 1.165) is 30.2 Å². The molecule has 0 saturated heterocycles. The molecule has 3 rings (SSSR count). The van der Waals surface area contributed by atoms with Gasteiger partial charge in [-0.1, -0.05) is 44.0 Å². The van der Waals surface area contributed by atoms with Crippen LogP contribution in [-0.2, 0) is 9.53 Å². The second-order valence-corrected chi connectivity index (χ2v) is 6.81. The Morgan fingerprint density at radius 2 is 1.92 bits per heavy atom. The van der Waals surface area contributed by atoms with Crippen LogP contribution in [0.4, 0.5) is 0 Å². The number of aromatic nitrogens is 1. The van der Waals surface area contributed by atoms with Crippen LogP contribution in [0, 0.1) is 5.92 Å². The molecule has 1 aromatic heterocycles. The van der Waals surface area contributed by atoms with Crippen LogP contribution in [0.3, 0.4) is 0 Å². The Morgan fingerprint density at radius 3 is 2.72 bits per heavy atom. The van der Waals surface area contributed by atoms with Gasteiger partial charge in [0.1, 0.15) is 5.69 Å². The van der Waals surface area contributed by atoms with Crippen molar-refractivity contribution < 1.29 is 14.3 Å². The third-order valence-electron chi connectivity index (χ3n) is 4.90. The number of fused-ring (bicyclic) bond motifs is 1. The number of carbonyl (C=O) groups is 2. The predicted octanol–water partition coefficient (Wildman–Crippen LogP) is 3.48. The molecule has 1 N–H and O–H groups in total. The van der Waals surface area contributed by atoms with E-state index in [1.165, 1.54) is 6.42 Å². The first-order valence-corrected chi connectivity index (χ1v) is 8.92. The number of hydrogen-bond acceptors (Lipinski definition) is 4. The number of hydrogen-bond donors (Lipinski definition) is 1. The molecule has 0 spiro atoms. The Bertz CT molecular complexity index is 774. The Kier molecular flexibility index (Phi) is 5.31. The van der Waals surface area contributed by atoms with E-state index in [0.29, 0.717) is 5.92 Å². The zero-order chi connectivity index (χ0) is 17.8. The fourth-order valence-electron chi connectivity index (χ4n) is 3.28. The largest absolute Gasteiger partial charge is 0.448 e. The summed E-state index contributed by atoms with van der Waals surface area (Å²) in [6.07, 6.45) is 3.62. The van der Waals surface area contributed by atoms with Gasteiger partial charge in [0.2, 0.25) is 0 Å². The number of amides is 1. The van der Waals surface area contributed by atoms with Crippen LogP contribution in [0.1, 0.15) is 50.0 Å². The lowest BCUT2D eigenvalue weighted by atomic mass is 9.86. The van der Waals surface area contributed by atoms with E-state index in [9.17, 15) is 9.59 Å². The number of ether oxygens (including phenoxy) is 1. The first-order valence-electron chi connectivity index (χ1n) is 8.92. The van der Waals surface area contributed by atoms with E-state index in [1.807, 2.05) is 30.3 Å². The zero-order valence-electron chi connectivity index (χ0n) is 14.7. The van der Waals surface area contributed by atoms with Crippen LogP contribution in [0.25, 0.3) is 10.9 Å². The minimum absolute atomic E-state index is 0.168. The summed E-state index contributed by atoms with van der Waals surface area (Å²) in [5.74, 6) is -0.360. The number of rotatable bonds is 4. The van der Waals surface area contributed by atoms with Crippen molar-refractivity contribution in [2.75, 3.05) is 0 Å². The molecule has 1 aliphatic rings. The summed E-state index contributed by atoms with van der Waals surface area (Å²) in [6.45, 7) is 3.75. The van der Waals surface area contributed by atoms with Crippen molar-refractivity contribution in [3.8, 4) is 0 Å². The summed E-state index contributed by atoms with van der Waals surface area (Å²) in [5.41, 5.74) is 0.939. The maximum Gasteiger partial charge on any atom is 0.357 e. The zero-order valence-corrected chi connectivity index (χ0v) is 14.7. The SMILES string of the molecule is CC(OC(=O)c1ccc2ccccc2n1)C(=O)NC1CCCCC1C. The quantitative estimate of drug-likeness (QED) is 0.865. The summed E-state index contributed by atoms with van der Waals surface area (Å²) in [7, 11) is 0. The van der Waals surface area contributed by atoms with E-state index in [2.05, 4.69) is 17.2 Å². The lowest BCUT2D eigenvalue weighted by molar-refractivity contribution is -0.130. The van der Waals surface area contributed by atoms with Crippen molar-refractivity contribution in [2.24, 2.45) is 5.92 Å². The Labute approximate surface area is 147 Å². The number of carbonyl (C=O) groups excluding carboxylic acids is 2. The van der Waals surface area contributed by atoms with Crippen LogP contribution >= 0.6 is 0 Å². The number of pyridine rings is 1. The van der Waals surface area contributed by atoms with E-state index in [1.54, 1.807) is 13.0 Å². The molecule has 1 heterocycles. The molecule has 0 radical (unpaired) electrons. The normalized spacial score (nSPS) is 21.5. The number of benzene rings is 1. The average molecular weight is 340 g/mol. The van der Waals surface area contributed by atoms with Gasteiger partial charge in [-0.15, -0.1) is 0 Å². The number of para-hydroxylation sites is 1. The van der Waals surface area contributed by atoms with Crippen LogP contribution in [-0.4, -0.2) is 29.0 Å². The van der Waals surface area contributed by atoms with Gasteiger partial charge in [0, 0.05) is 11.4 Å². The molecule has 3 unspecified atom stereocenters. The summed E-state index contributed by atoms with van der Waals surface area (Å²) in [6, 6.07) is 11.2. The summed E-state index contributed by atoms with van der Waals surface area (Å²) >= 11 is 0. The highest BCUT2D eigenvalue weighted by atomic mass is 16.5. The minimum Gasteiger partial charge on any atom is -0.448 e. The molecule has 2 aromatic rings. The van der Waals surface area contributed by atoms with E-state index >= 15 is 0 Å². The fraction of sp³-hybridized carbons (Fsp3) is 0.450. The second-order valence-electron chi connectivity index (χ2n) is 6.81. The Morgan fingerprint density at radius 1 is 1.16 bits per heavy atom. The van der Waals surface area contributed by atoms with Crippen LogP contribution < -0.4 is 5.32 Å². The third kappa shape index (κ3) is 4.16. The molecule has 1 saturated carbocycles. The average Bonchev–Trinajstić information content (AvgIpc) is 2.63. The van der Waals surface area contributed by atoms with Crippen molar-refractivity contribution in [1.82, 2.24) is 10.3 Å². The molecular formula is C20H24N2O3. The molecule has 5 nitrogen and oxygen atoms in total. The predicted molar refractivity (Wildman–Crippen MR) is 96.2 cm³/mol. The van der Waals surface area contributed by atoms with Gasteiger partial charge in [-0.3, -0.25) is 4.79 Å². The molecular weight excluding hydrogens is 316 g/mol. The first kappa shape index (κ1) is 17.4. The highest BCUT2D eigenvalue weighted by Crippen LogP contribution is 2.23. The van der Waals surface area contributed by atoms with Crippen LogP contribution in [0.5, 0.6) is 0 Å². The Hall–Kier alpha value is -2.43. The molecule has 132 valence electrons. The molecule has 1 aromatic carbocycles. The topological polar surface area (TPSA) is 68.3 Å². The van der Waals surface area contributed by atoms with Gasteiger partial charge in [0.25, 0.3) is 5.91 Å². The first-order chi connectivity index (χ1) is 12.0. The van der Waals surface area contributed by atoms with Gasteiger partial charge in [-0.25, -0.2) is 9.78 Å². The third-order valence-corrected chi connectivity index (χ3v) is 4.90. The van der Waals surface area contributed by atoms with Crippen LogP contribution in [0.15, 0.2) is 36.4 Å². The molecule has 1 aliphatic carbocycles. The van der Waals surface area contributed by atoms with Crippen molar-refractivity contribution in [2.45, 2.75) is 51.7 Å². The molecule has 3 atom stereocenters. The van der Waals surface area contributed by atoms with Crippen molar-refractivity contribution in [1.29, 1.82) is 0 Å². The van der Waals surface area contributed by atoms with Gasteiger partial charge in [0.05, 0.1) is 5.52 Å².